The first kappa shape index (κ1) is 13.0. The largest absolute Gasteiger partial charge is 0.465 e. The number of benzene rings is 1. The lowest BCUT2D eigenvalue weighted by Gasteiger charge is -2.08. The molecule has 0 spiro atoms. The number of fused-ring (bicyclic) bond motifs is 1. The first-order valence-corrected chi connectivity index (χ1v) is 5.82. The van der Waals surface area contributed by atoms with E-state index in [-0.39, 0.29) is 17.9 Å². The molecule has 0 saturated heterocycles. The van der Waals surface area contributed by atoms with Crippen molar-refractivity contribution in [3.63, 3.8) is 0 Å². The van der Waals surface area contributed by atoms with Crippen molar-refractivity contribution in [3.8, 4) is 0 Å². The molecule has 98 valence electrons. The standard InChI is InChI=1S/C14H13NO4/c1-3-19-14(17)12-10(13(16)18-2)8-9-6-4-5-7-11(9)15-12/h4-8H,3H2,1-2H3. The molecule has 1 aromatic heterocycles. The second-order valence-corrected chi connectivity index (χ2v) is 3.79. The Morgan fingerprint density at radius 3 is 2.63 bits per heavy atom. The monoisotopic (exact) mass is 259 g/mol. The van der Waals surface area contributed by atoms with E-state index in [2.05, 4.69) is 9.72 Å². The molecule has 5 nitrogen and oxygen atoms in total. The summed E-state index contributed by atoms with van der Waals surface area (Å²) in [6.07, 6.45) is 0. The number of methoxy groups -OCH3 is 1. The summed E-state index contributed by atoms with van der Waals surface area (Å²) in [4.78, 5) is 27.7. The number of hydrogen-bond donors (Lipinski definition) is 0. The number of aromatic nitrogens is 1. The normalized spacial score (nSPS) is 10.2. The number of hydrogen-bond acceptors (Lipinski definition) is 5. The number of carbonyl (C=O) groups excluding carboxylic acids is 2. The summed E-state index contributed by atoms with van der Waals surface area (Å²) >= 11 is 0. The number of carbonyl (C=O) groups is 2. The first-order chi connectivity index (χ1) is 9.17. The minimum absolute atomic E-state index is 0.0209. The van der Waals surface area contributed by atoms with E-state index < -0.39 is 11.9 Å². The Kier molecular flexibility index (Phi) is 3.75. The predicted molar refractivity (Wildman–Crippen MR) is 69.0 cm³/mol. The summed E-state index contributed by atoms with van der Waals surface area (Å²) in [6, 6.07) is 8.79. The van der Waals surface area contributed by atoms with Crippen LogP contribution < -0.4 is 0 Å². The minimum atomic E-state index is -0.631. The fourth-order valence-electron chi connectivity index (χ4n) is 1.74. The number of ether oxygens (including phenoxy) is 2. The highest BCUT2D eigenvalue weighted by Crippen LogP contribution is 2.18. The van der Waals surface area contributed by atoms with Crippen molar-refractivity contribution in [2.24, 2.45) is 0 Å². The molecular weight excluding hydrogens is 246 g/mol. The van der Waals surface area contributed by atoms with Crippen LogP contribution in [0.15, 0.2) is 30.3 Å². The van der Waals surface area contributed by atoms with E-state index in [4.69, 9.17) is 4.74 Å². The van der Waals surface area contributed by atoms with Crippen LogP contribution in [0.4, 0.5) is 0 Å². The Labute approximate surface area is 110 Å². The van der Waals surface area contributed by atoms with Crippen molar-refractivity contribution in [1.82, 2.24) is 4.98 Å². The van der Waals surface area contributed by atoms with Gasteiger partial charge in [-0.15, -0.1) is 0 Å². The smallest absolute Gasteiger partial charge is 0.357 e. The zero-order chi connectivity index (χ0) is 13.8. The van der Waals surface area contributed by atoms with Crippen molar-refractivity contribution in [2.45, 2.75) is 6.92 Å². The van der Waals surface area contributed by atoms with Crippen LogP contribution in [0.2, 0.25) is 0 Å². The maximum atomic E-state index is 11.8. The fourth-order valence-corrected chi connectivity index (χ4v) is 1.74. The number of esters is 2. The highest BCUT2D eigenvalue weighted by Gasteiger charge is 2.21. The van der Waals surface area contributed by atoms with E-state index in [1.165, 1.54) is 7.11 Å². The van der Waals surface area contributed by atoms with Crippen molar-refractivity contribution in [3.05, 3.63) is 41.6 Å². The average molecular weight is 259 g/mol. The van der Waals surface area contributed by atoms with Crippen molar-refractivity contribution in [2.75, 3.05) is 13.7 Å². The topological polar surface area (TPSA) is 65.5 Å². The van der Waals surface area contributed by atoms with Crippen LogP contribution in [0.3, 0.4) is 0 Å². The van der Waals surface area contributed by atoms with Crippen LogP contribution in [0.5, 0.6) is 0 Å². The zero-order valence-corrected chi connectivity index (χ0v) is 10.7. The summed E-state index contributed by atoms with van der Waals surface area (Å²) in [5.74, 6) is -1.24. The molecule has 0 aliphatic heterocycles. The first-order valence-electron chi connectivity index (χ1n) is 5.82. The maximum Gasteiger partial charge on any atom is 0.357 e. The van der Waals surface area contributed by atoms with E-state index in [0.29, 0.717) is 5.52 Å². The van der Waals surface area contributed by atoms with Gasteiger partial charge in [-0.3, -0.25) is 0 Å². The fraction of sp³-hybridized carbons (Fsp3) is 0.214. The summed E-state index contributed by atoms with van der Waals surface area (Å²) < 4.78 is 9.57. The van der Waals surface area contributed by atoms with Crippen LogP contribution in [0, 0.1) is 0 Å². The molecule has 2 aromatic rings. The van der Waals surface area contributed by atoms with Crippen molar-refractivity contribution in [1.29, 1.82) is 0 Å². The highest BCUT2D eigenvalue weighted by molar-refractivity contribution is 6.04. The Balaban J connectivity index is 2.63. The quantitative estimate of drug-likeness (QED) is 0.790. The SMILES string of the molecule is CCOC(=O)c1nc2ccccc2cc1C(=O)OC. The van der Waals surface area contributed by atoms with Gasteiger partial charge in [0.25, 0.3) is 0 Å². The molecule has 0 fully saturated rings. The third-order valence-electron chi connectivity index (χ3n) is 2.60. The number of rotatable bonds is 3. The van der Waals surface area contributed by atoms with Crippen LogP contribution in [-0.4, -0.2) is 30.6 Å². The van der Waals surface area contributed by atoms with Crippen LogP contribution in [-0.2, 0) is 9.47 Å². The Bertz CT molecular complexity index is 636. The van der Waals surface area contributed by atoms with E-state index in [1.807, 2.05) is 18.2 Å². The molecule has 2 rings (SSSR count). The Hall–Kier alpha value is -2.43. The molecule has 0 aliphatic rings. The lowest BCUT2D eigenvalue weighted by Crippen LogP contribution is -2.15. The maximum absolute atomic E-state index is 11.8. The van der Waals surface area contributed by atoms with Gasteiger partial charge in [0, 0.05) is 5.39 Å². The molecule has 5 heteroatoms. The third-order valence-corrected chi connectivity index (χ3v) is 2.60. The number of pyridine rings is 1. The Morgan fingerprint density at radius 2 is 1.95 bits per heavy atom. The van der Waals surface area contributed by atoms with Gasteiger partial charge >= 0.3 is 11.9 Å². The van der Waals surface area contributed by atoms with Gasteiger partial charge in [0.1, 0.15) is 0 Å². The van der Waals surface area contributed by atoms with Crippen molar-refractivity contribution < 1.29 is 19.1 Å². The molecule has 1 aromatic carbocycles. The van der Waals surface area contributed by atoms with E-state index in [1.54, 1.807) is 19.1 Å². The molecule has 0 amide bonds. The molecule has 0 atom stereocenters. The molecule has 0 saturated carbocycles. The van der Waals surface area contributed by atoms with Gasteiger partial charge in [0.05, 0.1) is 24.8 Å². The van der Waals surface area contributed by atoms with Gasteiger partial charge in [-0.1, -0.05) is 18.2 Å². The highest BCUT2D eigenvalue weighted by atomic mass is 16.5. The third kappa shape index (κ3) is 2.54. The second-order valence-electron chi connectivity index (χ2n) is 3.79. The van der Waals surface area contributed by atoms with E-state index in [9.17, 15) is 9.59 Å². The van der Waals surface area contributed by atoms with Gasteiger partial charge in [0.2, 0.25) is 0 Å². The number of nitrogens with zero attached hydrogens (tertiary/aromatic N) is 1. The summed E-state index contributed by atoms with van der Waals surface area (Å²) in [6.45, 7) is 1.91. The zero-order valence-electron chi connectivity index (χ0n) is 10.7. The molecule has 1 heterocycles. The minimum Gasteiger partial charge on any atom is -0.465 e. The average Bonchev–Trinajstić information content (AvgIpc) is 2.45. The molecule has 0 bridgehead atoms. The van der Waals surface area contributed by atoms with Crippen LogP contribution in [0.25, 0.3) is 10.9 Å². The lowest BCUT2D eigenvalue weighted by atomic mass is 10.1. The number of para-hydroxylation sites is 1. The summed E-state index contributed by atoms with van der Waals surface area (Å²) in [5, 5.41) is 0.760. The van der Waals surface area contributed by atoms with Crippen LogP contribution >= 0.6 is 0 Å². The molecular formula is C14H13NO4. The molecule has 0 radical (unpaired) electrons. The van der Waals surface area contributed by atoms with Gasteiger partial charge < -0.3 is 9.47 Å². The van der Waals surface area contributed by atoms with Gasteiger partial charge in [-0.2, -0.15) is 0 Å². The van der Waals surface area contributed by atoms with E-state index in [0.717, 1.165) is 5.39 Å². The van der Waals surface area contributed by atoms with Gasteiger partial charge in [-0.25, -0.2) is 14.6 Å². The molecule has 0 unspecified atom stereocenters. The lowest BCUT2D eigenvalue weighted by molar-refractivity contribution is 0.0497. The molecule has 0 aliphatic carbocycles. The second kappa shape index (κ2) is 5.48. The predicted octanol–water partition coefficient (Wildman–Crippen LogP) is 2.20. The van der Waals surface area contributed by atoms with E-state index >= 15 is 0 Å². The summed E-state index contributed by atoms with van der Waals surface area (Å²) in [7, 11) is 1.26. The van der Waals surface area contributed by atoms with Crippen LogP contribution in [0.1, 0.15) is 27.8 Å². The van der Waals surface area contributed by atoms with Crippen molar-refractivity contribution >= 4 is 22.8 Å². The Morgan fingerprint density at radius 1 is 1.21 bits per heavy atom. The van der Waals surface area contributed by atoms with Gasteiger partial charge in [0.15, 0.2) is 5.69 Å². The van der Waals surface area contributed by atoms with Gasteiger partial charge in [-0.05, 0) is 19.1 Å². The molecule has 19 heavy (non-hydrogen) atoms. The molecule has 0 N–H and O–H groups in total. The summed E-state index contributed by atoms with van der Waals surface area (Å²) in [5.41, 5.74) is 0.713.